The van der Waals surface area contributed by atoms with Crippen LogP contribution in [0.1, 0.15) is 12.5 Å². The molecule has 0 radical (unpaired) electrons. The summed E-state index contributed by atoms with van der Waals surface area (Å²) in [5.41, 5.74) is 0.928. The van der Waals surface area contributed by atoms with Gasteiger partial charge in [0.15, 0.2) is 0 Å². The summed E-state index contributed by atoms with van der Waals surface area (Å²) < 4.78 is 12.8. The van der Waals surface area contributed by atoms with Crippen molar-refractivity contribution in [3.63, 3.8) is 0 Å². The molecule has 0 bridgehead atoms. The van der Waals surface area contributed by atoms with E-state index in [0.29, 0.717) is 17.1 Å². The quantitative estimate of drug-likeness (QED) is 0.695. The van der Waals surface area contributed by atoms with E-state index in [2.05, 4.69) is 10.3 Å². The van der Waals surface area contributed by atoms with Crippen molar-refractivity contribution in [1.82, 2.24) is 5.32 Å². The van der Waals surface area contributed by atoms with Gasteiger partial charge in [0, 0.05) is 0 Å². The van der Waals surface area contributed by atoms with Gasteiger partial charge < -0.3 is 5.32 Å². The number of carbonyl (C=O) groups is 1. The number of hydrogen-bond acceptors (Lipinski definition) is 2. The molecule has 1 aromatic rings. The van der Waals surface area contributed by atoms with E-state index in [4.69, 9.17) is 0 Å². The van der Waals surface area contributed by atoms with E-state index in [0.717, 1.165) is 0 Å². The summed E-state index contributed by atoms with van der Waals surface area (Å²) in [5.74, 6) is -0.0251. The summed E-state index contributed by atoms with van der Waals surface area (Å²) in [6, 6.07) is 6.01. The Bertz CT molecular complexity index is 477. The first-order valence-electron chi connectivity index (χ1n) is 4.49. The number of amidine groups is 1. The predicted molar refractivity (Wildman–Crippen MR) is 55.6 cm³/mol. The second-order valence-corrected chi connectivity index (χ2v) is 3.24. The van der Waals surface area contributed by atoms with E-state index < -0.39 is 0 Å². The number of hydrogen-bond donors (Lipinski definition) is 1. The number of nitrogens with zero attached hydrogens (tertiary/aromatic N) is 1. The highest BCUT2D eigenvalue weighted by atomic mass is 19.1. The zero-order valence-corrected chi connectivity index (χ0v) is 8.12. The molecule has 1 aliphatic heterocycles. The highest BCUT2D eigenvalue weighted by Crippen LogP contribution is 2.12. The summed E-state index contributed by atoms with van der Waals surface area (Å²) >= 11 is 0. The second-order valence-electron chi connectivity index (χ2n) is 3.24. The van der Waals surface area contributed by atoms with Gasteiger partial charge in [-0.25, -0.2) is 9.38 Å². The zero-order chi connectivity index (χ0) is 10.8. The Kier molecular flexibility index (Phi) is 2.33. The Morgan fingerprint density at radius 2 is 2.27 bits per heavy atom. The minimum absolute atomic E-state index is 0.253. The molecule has 0 atom stereocenters. The molecule has 15 heavy (non-hydrogen) atoms. The predicted octanol–water partition coefficient (Wildman–Crippen LogP) is 1.71. The molecule has 4 heteroatoms. The van der Waals surface area contributed by atoms with Crippen LogP contribution in [0.15, 0.2) is 35.0 Å². The van der Waals surface area contributed by atoms with E-state index in [1.54, 1.807) is 25.1 Å². The van der Waals surface area contributed by atoms with Gasteiger partial charge in [-0.15, -0.1) is 0 Å². The first-order chi connectivity index (χ1) is 7.15. The largest absolute Gasteiger partial charge is 0.309 e. The minimum Gasteiger partial charge on any atom is -0.309 e. The van der Waals surface area contributed by atoms with Crippen molar-refractivity contribution in [2.24, 2.45) is 4.99 Å². The summed E-state index contributed by atoms with van der Waals surface area (Å²) in [6.45, 7) is 1.70. The molecule has 1 N–H and O–H groups in total. The van der Waals surface area contributed by atoms with E-state index in [-0.39, 0.29) is 11.7 Å². The Morgan fingerprint density at radius 3 is 2.87 bits per heavy atom. The maximum Gasteiger partial charge on any atom is 0.275 e. The van der Waals surface area contributed by atoms with Gasteiger partial charge in [-0.05, 0) is 30.7 Å². The Hall–Kier alpha value is -1.97. The van der Waals surface area contributed by atoms with E-state index in [1.807, 2.05) is 0 Å². The van der Waals surface area contributed by atoms with Crippen LogP contribution in [0.2, 0.25) is 0 Å². The maximum absolute atomic E-state index is 12.8. The van der Waals surface area contributed by atoms with Gasteiger partial charge in [-0.1, -0.05) is 12.1 Å². The average molecular weight is 204 g/mol. The van der Waals surface area contributed by atoms with Gasteiger partial charge in [0.25, 0.3) is 5.91 Å². The van der Waals surface area contributed by atoms with Gasteiger partial charge in [0.2, 0.25) is 0 Å². The standard InChI is InChI=1S/C11H9FN2O/c1-7-13-10(11(15)14-7)6-8-3-2-4-9(12)5-8/h2-6H,1H3,(H,13,14,15)/b10-6+. The zero-order valence-electron chi connectivity index (χ0n) is 8.12. The molecule has 2 rings (SSSR count). The molecule has 0 spiro atoms. The SMILES string of the molecule is CC1=N/C(=C/c2cccc(F)c2)C(=O)N1. The lowest BCUT2D eigenvalue weighted by Crippen LogP contribution is -2.21. The molecule has 3 nitrogen and oxygen atoms in total. The highest BCUT2D eigenvalue weighted by molar-refractivity contribution is 6.13. The maximum atomic E-state index is 12.8. The molecular weight excluding hydrogens is 195 g/mol. The van der Waals surface area contributed by atoms with E-state index >= 15 is 0 Å². The van der Waals surface area contributed by atoms with Crippen LogP contribution in [0.5, 0.6) is 0 Å². The smallest absolute Gasteiger partial charge is 0.275 e. The Morgan fingerprint density at radius 1 is 1.47 bits per heavy atom. The van der Waals surface area contributed by atoms with Gasteiger partial charge >= 0.3 is 0 Å². The molecule has 0 unspecified atom stereocenters. The molecule has 76 valence electrons. The molecule has 0 fully saturated rings. The molecule has 1 aromatic carbocycles. The fraction of sp³-hybridized carbons (Fsp3) is 0.0909. The van der Waals surface area contributed by atoms with Gasteiger partial charge in [-0.2, -0.15) is 0 Å². The summed E-state index contributed by atoms with van der Waals surface area (Å²) in [6.07, 6.45) is 1.55. The van der Waals surface area contributed by atoms with E-state index in [9.17, 15) is 9.18 Å². The third-order valence-electron chi connectivity index (χ3n) is 1.97. The molecular formula is C11H9FN2O. The van der Waals surface area contributed by atoms with Crippen molar-refractivity contribution in [1.29, 1.82) is 0 Å². The third kappa shape index (κ3) is 2.10. The monoisotopic (exact) mass is 204 g/mol. The normalized spacial score (nSPS) is 17.9. The van der Waals surface area contributed by atoms with E-state index in [1.165, 1.54) is 12.1 Å². The first-order valence-corrected chi connectivity index (χ1v) is 4.49. The van der Waals surface area contributed by atoms with Crippen LogP contribution in [-0.2, 0) is 4.79 Å². The number of amides is 1. The number of aliphatic imine (C=N–C) groups is 1. The van der Waals surface area contributed by atoms with Crippen molar-refractivity contribution in [2.45, 2.75) is 6.92 Å². The Balaban J connectivity index is 2.35. The number of benzene rings is 1. The molecule has 0 saturated carbocycles. The van der Waals surface area contributed by atoms with Crippen molar-refractivity contribution in [3.05, 3.63) is 41.3 Å². The molecule has 1 amide bonds. The van der Waals surface area contributed by atoms with Crippen LogP contribution in [0.3, 0.4) is 0 Å². The van der Waals surface area contributed by atoms with Crippen LogP contribution < -0.4 is 5.32 Å². The Labute approximate surface area is 86.3 Å². The van der Waals surface area contributed by atoms with Crippen LogP contribution in [0, 0.1) is 5.82 Å². The molecule has 1 heterocycles. The van der Waals surface area contributed by atoms with Crippen LogP contribution in [0.4, 0.5) is 4.39 Å². The first kappa shape index (κ1) is 9.58. The molecule has 0 aliphatic carbocycles. The number of halogens is 1. The van der Waals surface area contributed by atoms with Crippen molar-refractivity contribution in [2.75, 3.05) is 0 Å². The highest BCUT2D eigenvalue weighted by Gasteiger charge is 2.16. The molecule has 0 aromatic heterocycles. The van der Waals surface area contributed by atoms with Crippen molar-refractivity contribution < 1.29 is 9.18 Å². The van der Waals surface area contributed by atoms with Crippen LogP contribution >= 0.6 is 0 Å². The van der Waals surface area contributed by atoms with Gasteiger partial charge in [-0.3, -0.25) is 4.79 Å². The fourth-order valence-electron chi connectivity index (χ4n) is 1.34. The van der Waals surface area contributed by atoms with Gasteiger partial charge in [0.05, 0.1) is 0 Å². The molecule has 0 saturated heterocycles. The van der Waals surface area contributed by atoms with Gasteiger partial charge in [0.1, 0.15) is 17.3 Å². The fourth-order valence-corrected chi connectivity index (χ4v) is 1.34. The molecule has 1 aliphatic rings. The lowest BCUT2D eigenvalue weighted by molar-refractivity contribution is -0.115. The average Bonchev–Trinajstić information content (AvgIpc) is 2.45. The van der Waals surface area contributed by atoms with Crippen molar-refractivity contribution >= 4 is 17.8 Å². The summed E-state index contributed by atoms with van der Waals surface area (Å²) in [4.78, 5) is 15.3. The number of carbonyl (C=O) groups excluding carboxylic acids is 1. The number of rotatable bonds is 1. The van der Waals surface area contributed by atoms with Crippen LogP contribution in [0.25, 0.3) is 6.08 Å². The van der Waals surface area contributed by atoms with Crippen LogP contribution in [-0.4, -0.2) is 11.7 Å². The third-order valence-corrected chi connectivity index (χ3v) is 1.97. The number of nitrogens with one attached hydrogen (secondary N) is 1. The lowest BCUT2D eigenvalue weighted by atomic mass is 10.2. The summed E-state index contributed by atoms with van der Waals surface area (Å²) in [7, 11) is 0. The summed E-state index contributed by atoms with van der Waals surface area (Å²) in [5, 5.41) is 2.55. The minimum atomic E-state index is -0.330. The lowest BCUT2D eigenvalue weighted by Gasteiger charge is -1.94. The second kappa shape index (κ2) is 3.65. The van der Waals surface area contributed by atoms with Crippen molar-refractivity contribution in [3.8, 4) is 0 Å². The topological polar surface area (TPSA) is 41.5 Å².